The lowest BCUT2D eigenvalue weighted by atomic mass is 9.63. The molecule has 5 rings (SSSR count). The van der Waals surface area contributed by atoms with Crippen LogP contribution in [0.1, 0.15) is 68.0 Å². The number of aryl methyl sites for hydroxylation is 1. The van der Waals surface area contributed by atoms with E-state index in [9.17, 15) is 9.90 Å². The number of carbonyl (C=O) groups excluding carboxylic acids is 1. The van der Waals surface area contributed by atoms with E-state index in [-0.39, 0.29) is 11.9 Å². The van der Waals surface area contributed by atoms with E-state index in [1.807, 2.05) is 39.1 Å². The number of aliphatic hydroxyl groups is 1. The zero-order valence-electron chi connectivity index (χ0n) is 20.7. The first kappa shape index (κ1) is 23.9. The Balaban J connectivity index is 1.37. The number of esters is 1. The Morgan fingerprint density at radius 3 is 2.69 bits per heavy atom. The van der Waals surface area contributed by atoms with E-state index in [0.717, 1.165) is 27.8 Å². The van der Waals surface area contributed by atoms with E-state index in [4.69, 9.17) is 9.72 Å². The summed E-state index contributed by atoms with van der Waals surface area (Å²) in [5.74, 6) is 1.74. The summed E-state index contributed by atoms with van der Waals surface area (Å²) in [7, 11) is 1.42. The van der Waals surface area contributed by atoms with Gasteiger partial charge in [-0.05, 0) is 85.8 Å². The summed E-state index contributed by atoms with van der Waals surface area (Å²) in [4.78, 5) is 27.0. The molecule has 7 nitrogen and oxygen atoms in total. The highest BCUT2D eigenvalue weighted by Crippen LogP contribution is 2.51. The second kappa shape index (κ2) is 8.99. The summed E-state index contributed by atoms with van der Waals surface area (Å²) >= 11 is 1.46. The Labute approximate surface area is 210 Å². The predicted octanol–water partition coefficient (Wildman–Crippen LogP) is 5.72. The summed E-state index contributed by atoms with van der Waals surface area (Å²) in [5.41, 5.74) is 1.73. The lowest BCUT2D eigenvalue weighted by molar-refractivity contribution is -0.157. The normalized spacial score (nSPS) is 23.6. The van der Waals surface area contributed by atoms with Gasteiger partial charge >= 0.3 is 5.97 Å². The first-order valence-corrected chi connectivity index (χ1v) is 13.0. The third-order valence-corrected chi connectivity index (χ3v) is 8.45. The van der Waals surface area contributed by atoms with Crippen molar-refractivity contribution in [1.29, 1.82) is 0 Å². The molecule has 0 unspecified atom stereocenters. The number of methoxy groups -OCH3 is 1. The lowest BCUT2D eigenvalue weighted by Gasteiger charge is -2.44. The maximum Gasteiger partial charge on any atom is 0.309 e. The van der Waals surface area contributed by atoms with Gasteiger partial charge in [0.25, 0.3) is 0 Å². The van der Waals surface area contributed by atoms with Crippen LogP contribution in [0.3, 0.4) is 0 Å². The quantitative estimate of drug-likeness (QED) is 0.425. The van der Waals surface area contributed by atoms with E-state index >= 15 is 0 Å². The molecule has 3 aromatic heterocycles. The molecule has 3 aromatic rings. The smallest absolute Gasteiger partial charge is 0.309 e. The van der Waals surface area contributed by atoms with Crippen molar-refractivity contribution in [3.8, 4) is 10.6 Å². The Morgan fingerprint density at radius 2 is 1.97 bits per heavy atom. The van der Waals surface area contributed by atoms with Crippen LogP contribution in [0.2, 0.25) is 0 Å². The maximum absolute atomic E-state index is 12.2. The molecule has 35 heavy (non-hydrogen) atoms. The largest absolute Gasteiger partial charge is 0.469 e. The van der Waals surface area contributed by atoms with E-state index in [1.165, 1.54) is 36.9 Å². The minimum atomic E-state index is -1.07. The minimum absolute atomic E-state index is 0.210. The molecule has 2 aliphatic carbocycles. The van der Waals surface area contributed by atoms with Gasteiger partial charge in [-0.25, -0.2) is 15.0 Å². The van der Waals surface area contributed by atoms with Gasteiger partial charge in [0.05, 0.1) is 23.6 Å². The number of aromatic nitrogens is 3. The summed E-state index contributed by atoms with van der Waals surface area (Å²) in [5, 5.41) is 15.6. The highest BCUT2D eigenvalue weighted by Gasteiger charge is 2.49. The fourth-order valence-corrected chi connectivity index (χ4v) is 6.28. The molecule has 2 atom stereocenters. The van der Waals surface area contributed by atoms with Gasteiger partial charge in [0.1, 0.15) is 22.2 Å². The van der Waals surface area contributed by atoms with Gasteiger partial charge in [0.15, 0.2) is 0 Å². The minimum Gasteiger partial charge on any atom is -0.469 e. The Morgan fingerprint density at radius 1 is 1.17 bits per heavy atom. The van der Waals surface area contributed by atoms with Crippen LogP contribution in [0.25, 0.3) is 10.6 Å². The number of thiazole rings is 1. The first-order chi connectivity index (χ1) is 16.7. The Bertz CT molecular complexity index is 1250. The highest BCUT2D eigenvalue weighted by atomic mass is 32.1. The zero-order chi connectivity index (χ0) is 24.8. The number of ether oxygens (including phenoxy) is 1. The third-order valence-electron chi connectivity index (χ3n) is 7.24. The molecule has 184 valence electrons. The van der Waals surface area contributed by atoms with Crippen LogP contribution in [0.4, 0.5) is 11.6 Å². The van der Waals surface area contributed by atoms with Gasteiger partial charge < -0.3 is 15.2 Å². The fourth-order valence-electron chi connectivity index (χ4n) is 5.28. The number of rotatable bonds is 6. The van der Waals surface area contributed by atoms with Crippen LogP contribution >= 0.6 is 11.3 Å². The summed E-state index contributed by atoms with van der Waals surface area (Å²) in [6.07, 6.45) is 7.61. The van der Waals surface area contributed by atoms with Crippen LogP contribution in [-0.2, 0) is 15.1 Å². The van der Waals surface area contributed by atoms with Crippen molar-refractivity contribution in [2.24, 2.45) is 11.3 Å². The molecular weight excluding hydrogens is 460 g/mol. The second-order valence-corrected chi connectivity index (χ2v) is 11.7. The van der Waals surface area contributed by atoms with Gasteiger partial charge in [0, 0.05) is 12.4 Å². The predicted molar refractivity (Wildman–Crippen MR) is 137 cm³/mol. The van der Waals surface area contributed by atoms with Crippen LogP contribution in [-0.4, -0.2) is 33.1 Å². The molecule has 0 amide bonds. The van der Waals surface area contributed by atoms with Gasteiger partial charge in [-0.15, -0.1) is 11.3 Å². The van der Waals surface area contributed by atoms with Gasteiger partial charge in [-0.2, -0.15) is 0 Å². The van der Waals surface area contributed by atoms with Crippen molar-refractivity contribution in [3.63, 3.8) is 0 Å². The number of anilines is 2. The van der Waals surface area contributed by atoms with Crippen molar-refractivity contribution in [3.05, 3.63) is 52.8 Å². The van der Waals surface area contributed by atoms with E-state index in [2.05, 4.69) is 27.4 Å². The van der Waals surface area contributed by atoms with E-state index in [0.29, 0.717) is 30.2 Å². The highest BCUT2D eigenvalue weighted by molar-refractivity contribution is 7.15. The Kier molecular flexibility index (Phi) is 6.13. The lowest BCUT2D eigenvalue weighted by Crippen LogP contribution is -2.45. The molecule has 0 saturated heterocycles. The second-order valence-electron chi connectivity index (χ2n) is 10.6. The SMILES string of the molecule is COC(=O)[C@@H]1CC[C@@](O)(c2ncc(-c3cc(C)cc(Nc4cc(C5CC5)ccn4)n3)s2)CC1(C)C. The molecule has 2 aliphatic rings. The van der Waals surface area contributed by atoms with Crippen molar-refractivity contribution in [2.45, 2.75) is 64.4 Å². The van der Waals surface area contributed by atoms with Crippen molar-refractivity contribution in [1.82, 2.24) is 15.0 Å². The molecule has 8 heteroatoms. The Hall–Kier alpha value is -2.84. The van der Waals surface area contributed by atoms with Crippen molar-refractivity contribution < 1.29 is 14.6 Å². The summed E-state index contributed by atoms with van der Waals surface area (Å²) in [6.45, 7) is 6.07. The van der Waals surface area contributed by atoms with Crippen LogP contribution in [0, 0.1) is 18.3 Å². The van der Waals surface area contributed by atoms with Crippen LogP contribution in [0.15, 0.2) is 36.7 Å². The van der Waals surface area contributed by atoms with Crippen LogP contribution < -0.4 is 5.32 Å². The first-order valence-electron chi connectivity index (χ1n) is 12.2. The molecule has 2 fully saturated rings. The number of hydrogen-bond acceptors (Lipinski definition) is 8. The van der Waals surface area contributed by atoms with Crippen molar-refractivity contribution >= 4 is 28.9 Å². The van der Waals surface area contributed by atoms with Gasteiger partial charge in [0.2, 0.25) is 0 Å². The summed E-state index contributed by atoms with van der Waals surface area (Å²) in [6, 6.07) is 8.22. The van der Waals surface area contributed by atoms with E-state index in [1.54, 1.807) is 6.20 Å². The zero-order valence-corrected chi connectivity index (χ0v) is 21.5. The van der Waals surface area contributed by atoms with Gasteiger partial charge in [-0.1, -0.05) is 13.8 Å². The van der Waals surface area contributed by atoms with E-state index < -0.39 is 11.0 Å². The monoisotopic (exact) mass is 492 g/mol. The standard InChI is InChI=1S/C27H32N4O3S/c1-16-11-20(30-23(12-16)31-22-13-18(8-10-28-22)17-5-6-17)21-14-29-25(35-21)27(33)9-7-19(24(32)34-4)26(2,3)15-27/h8,10-14,17,19,33H,5-7,9,15H2,1-4H3,(H,28,30,31)/t19-,27-/m0/s1. The van der Waals surface area contributed by atoms with Gasteiger partial charge in [-0.3, -0.25) is 4.79 Å². The molecule has 2 N–H and O–H groups in total. The molecular formula is C27H32N4O3S. The molecule has 0 radical (unpaired) electrons. The molecule has 0 aliphatic heterocycles. The fraction of sp³-hybridized carbons (Fsp3) is 0.481. The average Bonchev–Trinajstić information content (AvgIpc) is 3.53. The number of carbonyl (C=O) groups is 1. The number of nitrogens with zero attached hydrogens (tertiary/aromatic N) is 3. The molecule has 0 aromatic carbocycles. The summed E-state index contributed by atoms with van der Waals surface area (Å²) < 4.78 is 5.00. The molecule has 3 heterocycles. The van der Waals surface area contributed by atoms with Crippen molar-refractivity contribution in [2.75, 3.05) is 12.4 Å². The third kappa shape index (κ3) is 4.95. The molecule has 0 bridgehead atoms. The maximum atomic E-state index is 12.2. The number of nitrogens with one attached hydrogen (secondary N) is 1. The average molecular weight is 493 g/mol. The number of hydrogen-bond donors (Lipinski definition) is 2. The molecule has 0 spiro atoms. The topological polar surface area (TPSA) is 97.2 Å². The van der Waals surface area contributed by atoms with Crippen LogP contribution in [0.5, 0.6) is 0 Å². The molecule has 2 saturated carbocycles. The number of pyridine rings is 2.